The summed E-state index contributed by atoms with van der Waals surface area (Å²) in [6.45, 7) is 4.82. The zero-order valence-corrected chi connectivity index (χ0v) is 11.7. The zero-order valence-electron chi connectivity index (χ0n) is 10.9. The minimum absolute atomic E-state index is 0.206. The van der Waals surface area contributed by atoms with Crippen molar-refractivity contribution in [2.75, 3.05) is 4.72 Å². The van der Waals surface area contributed by atoms with Crippen LogP contribution in [0.5, 0.6) is 0 Å². The molecule has 0 aromatic carbocycles. The van der Waals surface area contributed by atoms with E-state index in [1.54, 1.807) is 0 Å². The Balaban J connectivity index is 3.04. The van der Waals surface area contributed by atoms with Gasteiger partial charge in [-0.15, -0.1) is 10.2 Å². The van der Waals surface area contributed by atoms with Gasteiger partial charge in [-0.3, -0.25) is 4.79 Å². The van der Waals surface area contributed by atoms with Gasteiger partial charge in [0.05, 0.1) is 11.4 Å². The maximum atomic E-state index is 11.7. The maximum absolute atomic E-state index is 11.7. The van der Waals surface area contributed by atoms with Crippen molar-refractivity contribution in [2.45, 2.75) is 38.9 Å². The van der Waals surface area contributed by atoms with Crippen LogP contribution < -0.4 is 4.72 Å². The van der Waals surface area contributed by atoms with E-state index in [1.165, 1.54) is 0 Å². The number of nitrogens with zero attached hydrogens (tertiary/aromatic N) is 3. The van der Waals surface area contributed by atoms with Crippen molar-refractivity contribution in [1.29, 1.82) is 0 Å². The van der Waals surface area contributed by atoms with Crippen LogP contribution in [0, 0.1) is 0 Å². The van der Waals surface area contributed by atoms with Crippen molar-refractivity contribution in [3.8, 4) is 0 Å². The van der Waals surface area contributed by atoms with E-state index in [9.17, 15) is 13.2 Å². The van der Waals surface area contributed by atoms with Crippen LogP contribution in [0.2, 0.25) is 0 Å². The van der Waals surface area contributed by atoms with E-state index in [0.717, 1.165) is 6.92 Å². The summed E-state index contributed by atoms with van der Waals surface area (Å²) in [5.74, 6) is -1.65. The lowest BCUT2D eigenvalue weighted by Gasteiger charge is -2.10. The summed E-state index contributed by atoms with van der Waals surface area (Å²) in [7, 11) is -4.07. The molecule has 0 aliphatic carbocycles. The number of carboxylic acids is 1. The fraction of sp³-hybridized carbons (Fsp3) is 0.600. The molecule has 0 radical (unpaired) electrons. The highest BCUT2D eigenvalue weighted by molar-refractivity contribution is 7.94. The summed E-state index contributed by atoms with van der Waals surface area (Å²) < 4.78 is 25.4. The van der Waals surface area contributed by atoms with Gasteiger partial charge in [0.25, 0.3) is 5.95 Å². The van der Waals surface area contributed by atoms with Gasteiger partial charge in [-0.2, -0.15) is 0 Å². The number of nitrogens with one attached hydrogen (secondary N) is 1. The number of carboxylic acid groups (broad SMARTS) is 1. The second kappa shape index (κ2) is 5.91. The molecular formula is C10H16N4O4S. The topological polar surface area (TPSA) is 122 Å². The molecule has 1 rings (SSSR count). The molecule has 0 bridgehead atoms. The Kier molecular flexibility index (Phi) is 4.76. The zero-order chi connectivity index (χ0) is 14.6. The molecule has 0 fully saturated rings. The minimum atomic E-state index is -4.07. The summed E-state index contributed by atoms with van der Waals surface area (Å²) in [5, 5.41) is 14.6. The first-order valence-electron chi connectivity index (χ1n) is 5.78. The molecule has 0 spiro atoms. The van der Waals surface area contributed by atoms with Crippen molar-refractivity contribution >= 4 is 21.9 Å². The van der Waals surface area contributed by atoms with Crippen molar-refractivity contribution in [2.24, 2.45) is 0 Å². The summed E-state index contributed by atoms with van der Waals surface area (Å²) in [5.41, 5.74) is 1.33. The van der Waals surface area contributed by atoms with Gasteiger partial charge in [0.15, 0.2) is 5.25 Å². The Bertz CT molecular complexity index is 573. The van der Waals surface area contributed by atoms with Gasteiger partial charge < -0.3 is 5.11 Å². The van der Waals surface area contributed by atoms with Crippen molar-refractivity contribution in [3.05, 3.63) is 11.4 Å². The number of aliphatic carboxylic acids is 1. The van der Waals surface area contributed by atoms with Crippen LogP contribution in [0.15, 0.2) is 0 Å². The van der Waals surface area contributed by atoms with E-state index in [2.05, 4.69) is 15.2 Å². The van der Waals surface area contributed by atoms with Gasteiger partial charge in [-0.1, -0.05) is 13.8 Å². The molecule has 0 saturated heterocycles. The lowest BCUT2D eigenvalue weighted by molar-refractivity contribution is -0.136. The third-order valence-electron chi connectivity index (χ3n) is 2.56. The molecule has 1 heterocycles. The summed E-state index contributed by atoms with van der Waals surface area (Å²) in [6.07, 6.45) is 1.23. The molecule has 8 nitrogen and oxygen atoms in total. The van der Waals surface area contributed by atoms with Gasteiger partial charge in [0, 0.05) is 0 Å². The van der Waals surface area contributed by atoms with Crippen LogP contribution in [-0.4, -0.2) is 39.9 Å². The number of carbonyl (C=O) groups is 1. The highest BCUT2D eigenvalue weighted by Crippen LogP contribution is 2.10. The third kappa shape index (κ3) is 3.60. The van der Waals surface area contributed by atoms with Crippen LogP contribution >= 0.6 is 0 Å². The van der Waals surface area contributed by atoms with Crippen LogP contribution in [0.1, 0.15) is 32.2 Å². The molecule has 0 aliphatic heterocycles. The van der Waals surface area contributed by atoms with Gasteiger partial charge >= 0.3 is 5.97 Å². The first-order valence-corrected chi connectivity index (χ1v) is 7.33. The fourth-order valence-electron chi connectivity index (χ4n) is 1.33. The van der Waals surface area contributed by atoms with Crippen LogP contribution in [0.3, 0.4) is 0 Å². The SMILES string of the molecule is CCc1nnc(NS(=O)(=O)C(C)C(=O)O)nc1CC. The Morgan fingerprint density at radius 2 is 1.84 bits per heavy atom. The van der Waals surface area contributed by atoms with Crippen LogP contribution in [0.4, 0.5) is 5.95 Å². The van der Waals surface area contributed by atoms with E-state index in [0.29, 0.717) is 24.2 Å². The Morgan fingerprint density at radius 3 is 2.32 bits per heavy atom. The van der Waals surface area contributed by atoms with Gasteiger partial charge in [0.2, 0.25) is 10.0 Å². The van der Waals surface area contributed by atoms with Gasteiger partial charge in [-0.05, 0) is 19.8 Å². The molecule has 0 saturated carbocycles. The molecule has 1 aromatic heterocycles. The predicted molar refractivity (Wildman–Crippen MR) is 68.2 cm³/mol. The number of anilines is 1. The number of hydrogen-bond acceptors (Lipinski definition) is 6. The first-order chi connectivity index (χ1) is 8.81. The van der Waals surface area contributed by atoms with Crippen molar-refractivity contribution in [1.82, 2.24) is 15.2 Å². The lowest BCUT2D eigenvalue weighted by atomic mass is 10.2. The molecule has 9 heteroatoms. The normalized spacial score (nSPS) is 13.0. The number of aryl methyl sites for hydroxylation is 2. The molecule has 1 atom stereocenters. The average Bonchev–Trinajstić information content (AvgIpc) is 2.36. The molecule has 2 N–H and O–H groups in total. The largest absolute Gasteiger partial charge is 0.480 e. The summed E-state index contributed by atoms with van der Waals surface area (Å²) in [4.78, 5) is 14.7. The second-order valence-corrected chi connectivity index (χ2v) is 5.86. The molecule has 1 unspecified atom stereocenters. The lowest BCUT2D eigenvalue weighted by Crippen LogP contribution is -2.32. The fourth-order valence-corrected chi connectivity index (χ4v) is 2.11. The predicted octanol–water partition coefficient (Wildman–Crippen LogP) is 0.211. The van der Waals surface area contributed by atoms with Gasteiger partial charge in [0.1, 0.15) is 0 Å². The van der Waals surface area contributed by atoms with E-state index >= 15 is 0 Å². The number of rotatable bonds is 6. The smallest absolute Gasteiger partial charge is 0.323 e. The molecule has 0 aliphatic rings. The quantitative estimate of drug-likeness (QED) is 0.767. The van der Waals surface area contributed by atoms with E-state index in [1.807, 2.05) is 18.6 Å². The van der Waals surface area contributed by atoms with Crippen LogP contribution in [0.25, 0.3) is 0 Å². The standard InChI is InChI=1S/C10H16N4O4S/c1-4-7-8(5-2)12-13-10(11-7)14-19(17,18)6(3)9(15)16/h6H,4-5H2,1-3H3,(H,15,16)(H,11,13,14). The van der Waals surface area contributed by atoms with Crippen molar-refractivity contribution in [3.63, 3.8) is 0 Å². The number of aromatic nitrogens is 3. The molecular weight excluding hydrogens is 272 g/mol. The highest BCUT2D eigenvalue weighted by atomic mass is 32.2. The van der Waals surface area contributed by atoms with E-state index in [4.69, 9.17) is 5.11 Å². The molecule has 0 amide bonds. The van der Waals surface area contributed by atoms with E-state index in [-0.39, 0.29) is 5.95 Å². The Hall–Kier alpha value is -1.77. The second-order valence-electron chi connectivity index (χ2n) is 3.86. The molecule has 19 heavy (non-hydrogen) atoms. The molecule has 1 aromatic rings. The van der Waals surface area contributed by atoms with Gasteiger partial charge in [-0.25, -0.2) is 18.1 Å². The maximum Gasteiger partial charge on any atom is 0.323 e. The van der Waals surface area contributed by atoms with Crippen molar-refractivity contribution < 1.29 is 18.3 Å². The summed E-state index contributed by atoms with van der Waals surface area (Å²) >= 11 is 0. The minimum Gasteiger partial charge on any atom is -0.480 e. The Morgan fingerprint density at radius 1 is 1.26 bits per heavy atom. The third-order valence-corrected chi connectivity index (χ3v) is 4.16. The monoisotopic (exact) mass is 288 g/mol. The first kappa shape index (κ1) is 15.3. The molecule has 106 valence electrons. The Labute approximate surface area is 111 Å². The summed E-state index contributed by atoms with van der Waals surface area (Å²) in [6, 6.07) is 0. The average molecular weight is 288 g/mol. The van der Waals surface area contributed by atoms with E-state index < -0.39 is 21.2 Å². The number of sulfonamides is 1. The highest BCUT2D eigenvalue weighted by Gasteiger charge is 2.28. The number of hydrogen-bond donors (Lipinski definition) is 2. The van der Waals surface area contributed by atoms with Crippen LogP contribution in [-0.2, 0) is 27.7 Å².